The van der Waals surface area contributed by atoms with E-state index in [0.29, 0.717) is 13.0 Å². The molecular formula is C20H42N2O3. The van der Waals surface area contributed by atoms with Gasteiger partial charge in [0, 0.05) is 13.0 Å². The third-order valence-corrected chi connectivity index (χ3v) is 3.91. The van der Waals surface area contributed by atoms with E-state index >= 15 is 0 Å². The molecule has 5 nitrogen and oxygen atoms in total. The standard InChI is InChI=1S/C18H34O2.C2H8N2O/c1-2-3-4-5-6-7-8-9-10-11-12-13-14-15-16-17-18(19)20;3-4-1-2-5/h9-10H,2-8,11-17H2,1H3,(H,19,20);4-5H,1-3H2/b10-9-;. The Labute approximate surface area is 155 Å². The summed E-state index contributed by atoms with van der Waals surface area (Å²) in [4.78, 5) is 10.3. The van der Waals surface area contributed by atoms with Gasteiger partial charge in [0.15, 0.2) is 0 Å². The van der Waals surface area contributed by atoms with E-state index in [4.69, 9.17) is 16.1 Å². The Kier molecular flexibility index (Phi) is 26.7. The molecule has 0 heterocycles. The van der Waals surface area contributed by atoms with E-state index in [0.717, 1.165) is 12.8 Å². The van der Waals surface area contributed by atoms with Gasteiger partial charge in [0.1, 0.15) is 0 Å². The van der Waals surface area contributed by atoms with Crippen molar-refractivity contribution >= 4 is 5.97 Å². The molecule has 0 spiro atoms. The second-order valence-electron chi connectivity index (χ2n) is 6.41. The molecule has 0 fully saturated rings. The number of carboxylic acids is 1. The number of aliphatic carboxylic acids is 1. The van der Waals surface area contributed by atoms with Crippen molar-refractivity contribution in [2.24, 2.45) is 5.84 Å². The van der Waals surface area contributed by atoms with E-state index in [-0.39, 0.29) is 6.61 Å². The van der Waals surface area contributed by atoms with Gasteiger partial charge >= 0.3 is 5.97 Å². The molecular weight excluding hydrogens is 316 g/mol. The van der Waals surface area contributed by atoms with Crippen molar-refractivity contribution in [2.75, 3.05) is 13.2 Å². The molecule has 0 bridgehead atoms. The van der Waals surface area contributed by atoms with E-state index in [1.54, 1.807) is 0 Å². The molecule has 0 saturated carbocycles. The molecule has 5 N–H and O–H groups in total. The van der Waals surface area contributed by atoms with Crippen LogP contribution in [-0.2, 0) is 4.79 Å². The van der Waals surface area contributed by atoms with Crippen LogP contribution in [0.4, 0.5) is 0 Å². The van der Waals surface area contributed by atoms with Crippen LogP contribution in [0.1, 0.15) is 96.8 Å². The monoisotopic (exact) mass is 358 g/mol. The smallest absolute Gasteiger partial charge is 0.303 e. The highest BCUT2D eigenvalue weighted by atomic mass is 16.4. The summed E-state index contributed by atoms with van der Waals surface area (Å²) in [6, 6.07) is 0. The lowest BCUT2D eigenvalue weighted by molar-refractivity contribution is -0.137. The summed E-state index contributed by atoms with van der Waals surface area (Å²) in [7, 11) is 0. The lowest BCUT2D eigenvalue weighted by atomic mass is 10.1. The van der Waals surface area contributed by atoms with Crippen LogP contribution in [0.5, 0.6) is 0 Å². The van der Waals surface area contributed by atoms with Crippen molar-refractivity contribution in [3.63, 3.8) is 0 Å². The van der Waals surface area contributed by atoms with Gasteiger partial charge in [0.2, 0.25) is 0 Å². The summed E-state index contributed by atoms with van der Waals surface area (Å²) in [5, 5.41) is 16.4. The number of nitrogens with two attached hydrogens (primary N) is 1. The number of carbonyl (C=O) groups is 1. The van der Waals surface area contributed by atoms with Gasteiger partial charge in [0.05, 0.1) is 6.61 Å². The van der Waals surface area contributed by atoms with E-state index < -0.39 is 5.97 Å². The quantitative estimate of drug-likeness (QED) is 0.132. The van der Waals surface area contributed by atoms with Crippen LogP contribution < -0.4 is 11.3 Å². The molecule has 0 amide bonds. The number of hydrogen-bond donors (Lipinski definition) is 4. The minimum atomic E-state index is -0.664. The molecule has 0 aromatic rings. The Balaban J connectivity index is 0. The number of aliphatic hydroxyl groups is 1. The number of unbranched alkanes of at least 4 members (excludes halogenated alkanes) is 11. The van der Waals surface area contributed by atoms with Crippen molar-refractivity contribution < 1.29 is 15.0 Å². The van der Waals surface area contributed by atoms with Gasteiger partial charge in [-0.25, -0.2) is 0 Å². The molecule has 0 aliphatic carbocycles. The molecule has 5 heteroatoms. The summed E-state index contributed by atoms with van der Waals surface area (Å²) in [5.41, 5.74) is 2.27. The number of carboxylic acid groups (broad SMARTS) is 1. The Hall–Kier alpha value is -0.910. The summed E-state index contributed by atoms with van der Waals surface area (Å²) in [6.45, 7) is 2.84. The fourth-order valence-electron chi connectivity index (χ4n) is 2.41. The fraction of sp³-hybridized carbons (Fsp3) is 0.850. The molecule has 0 aliphatic heterocycles. The Morgan fingerprint density at radius 1 is 0.880 bits per heavy atom. The SMILES string of the molecule is CCCCCCCC/C=C\CCCCCCCC(=O)O.NNCCO. The highest BCUT2D eigenvalue weighted by Gasteiger charge is 1.95. The molecule has 0 aliphatic rings. The lowest BCUT2D eigenvalue weighted by Gasteiger charge is -1.99. The Morgan fingerprint density at radius 3 is 1.76 bits per heavy atom. The van der Waals surface area contributed by atoms with Crippen molar-refractivity contribution in [3.8, 4) is 0 Å². The Morgan fingerprint density at radius 2 is 1.36 bits per heavy atom. The highest BCUT2D eigenvalue weighted by Crippen LogP contribution is 2.09. The van der Waals surface area contributed by atoms with Crippen LogP contribution in [0.2, 0.25) is 0 Å². The number of aliphatic hydroxyl groups excluding tert-OH is 1. The lowest BCUT2D eigenvalue weighted by Crippen LogP contribution is -2.24. The first-order valence-electron chi connectivity index (χ1n) is 10.1. The molecule has 0 rings (SSSR count). The largest absolute Gasteiger partial charge is 0.481 e. The highest BCUT2D eigenvalue weighted by molar-refractivity contribution is 5.66. The average molecular weight is 359 g/mol. The van der Waals surface area contributed by atoms with E-state index in [1.165, 1.54) is 70.6 Å². The average Bonchev–Trinajstić information content (AvgIpc) is 2.59. The maximum atomic E-state index is 10.3. The number of rotatable bonds is 17. The number of nitrogens with one attached hydrogen (secondary N) is 1. The van der Waals surface area contributed by atoms with Crippen LogP contribution in [-0.4, -0.2) is 29.3 Å². The van der Waals surface area contributed by atoms with Crippen molar-refractivity contribution in [3.05, 3.63) is 12.2 Å². The second-order valence-corrected chi connectivity index (χ2v) is 6.41. The van der Waals surface area contributed by atoms with Crippen molar-refractivity contribution in [1.82, 2.24) is 5.43 Å². The Bertz CT molecular complexity index is 282. The third kappa shape index (κ3) is 31.4. The van der Waals surface area contributed by atoms with Crippen LogP contribution in [0.15, 0.2) is 12.2 Å². The first-order valence-corrected chi connectivity index (χ1v) is 10.1. The van der Waals surface area contributed by atoms with Gasteiger partial charge in [-0.2, -0.15) is 0 Å². The second kappa shape index (κ2) is 25.3. The maximum absolute atomic E-state index is 10.3. The van der Waals surface area contributed by atoms with Crippen LogP contribution >= 0.6 is 0 Å². The summed E-state index contributed by atoms with van der Waals surface area (Å²) in [5.74, 6) is 4.06. The summed E-state index contributed by atoms with van der Waals surface area (Å²) in [6.07, 6.45) is 21.2. The normalized spacial score (nSPS) is 10.7. The van der Waals surface area contributed by atoms with Gasteiger partial charge in [-0.15, -0.1) is 0 Å². The zero-order valence-corrected chi connectivity index (χ0v) is 16.3. The van der Waals surface area contributed by atoms with Crippen LogP contribution in [0, 0.1) is 0 Å². The van der Waals surface area contributed by atoms with E-state index in [2.05, 4.69) is 24.5 Å². The topological polar surface area (TPSA) is 95.6 Å². The molecule has 0 radical (unpaired) electrons. The summed E-state index contributed by atoms with van der Waals surface area (Å²) < 4.78 is 0. The number of hydrogen-bond acceptors (Lipinski definition) is 4. The minimum absolute atomic E-state index is 0.108. The zero-order valence-electron chi connectivity index (χ0n) is 16.3. The number of hydrazine groups is 1. The molecule has 0 saturated heterocycles. The number of allylic oxidation sites excluding steroid dienone is 2. The van der Waals surface area contributed by atoms with Gasteiger partial charge in [-0.05, 0) is 32.1 Å². The molecule has 0 unspecified atom stereocenters. The predicted octanol–water partition coefficient (Wildman–Crippen LogP) is 4.55. The van der Waals surface area contributed by atoms with Crippen molar-refractivity contribution in [1.29, 1.82) is 0 Å². The van der Waals surface area contributed by atoms with E-state index in [1.807, 2.05) is 0 Å². The van der Waals surface area contributed by atoms with Gasteiger partial charge in [-0.3, -0.25) is 16.1 Å². The van der Waals surface area contributed by atoms with E-state index in [9.17, 15) is 4.79 Å². The van der Waals surface area contributed by atoms with Crippen molar-refractivity contribution in [2.45, 2.75) is 96.8 Å². The molecule has 0 atom stereocenters. The van der Waals surface area contributed by atoms with Gasteiger partial charge in [0.25, 0.3) is 0 Å². The first kappa shape index (κ1) is 26.3. The maximum Gasteiger partial charge on any atom is 0.303 e. The predicted molar refractivity (Wildman–Crippen MR) is 106 cm³/mol. The molecule has 0 aromatic heterocycles. The first-order chi connectivity index (χ1) is 12.2. The molecule has 150 valence electrons. The zero-order chi connectivity index (χ0) is 19.0. The van der Waals surface area contributed by atoms with Crippen LogP contribution in [0.25, 0.3) is 0 Å². The van der Waals surface area contributed by atoms with Crippen LogP contribution in [0.3, 0.4) is 0 Å². The van der Waals surface area contributed by atoms with Gasteiger partial charge < -0.3 is 10.2 Å². The third-order valence-electron chi connectivity index (χ3n) is 3.91. The molecule has 0 aromatic carbocycles. The fourth-order valence-corrected chi connectivity index (χ4v) is 2.41. The van der Waals surface area contributed by atoms with Gasteiger partial charge in [-0.1, -0.05) is 70.4 Å². The summed E-state index contributed by atoms with van der Waals surface area (Å²) >= 11 is 0. The molecule has 25 heavy (non-hydrogen) atoms. The minimum Gasteiger partial charge on any atom is -0.481 e.